The van der Waals surface area contributed by atoms with Crippen molar-refractivity contribution in [2.75, 3.05) is 11.9 Å². The number of nitrogens with zero attached hydrogens (tertiary/aromatic N) is 1. The van der Waals surface area contributed by atoms with E-state index in [0.717, 1.165) is 11.3 Å². The largest absolute Gasteiger partial charge is 0.389 e. The molecular weight excluding hydrogens is 259 g/mol. The van der Waals surface area contributed by atoms with E-state index < -0.39 is 0 Å². The molecule has 0 radical (unpaired) electrons. The molecular formula is C15H15FN2S. The number of hydrogen-bond donors (Lipinski definition) is 1. The molecule has 2 aromatic rings. The SMILES string of the molecule is CN(Cc1ccccc1F)c1ccccc1C(N)=S. The topological polar surface area (TPSA) is 29.3 Å². The zero-order valence-electron chi connectivity index (χ0n) is 10.6. The van der Waals surface area contributed by atoms with Crippen LogP contribution < -0.4 is 10.6 Å². The van der Waals surface area contributed by atoms with Gasteiger partial charge in [0.1, 0.15) is 10.8 Å². The first-order chi connectivity index (χ1) is 9.09. The fourth-order valence-corrected chi connectivity index (χ4v) is 2.15. The van der Waals surface area contributed by atoms with E-state index in [1.807, 2.05) is 42.3 Å². The zero-order chi connectivity index (χ0) is 13.8. The average molecular weight is 274 g/mol. The van der Waals surface area contributed by atoms with Crippen molar-refractivity contribution in [2.45, 2.75) is 6.54 Å². The van der Waals surface area contributed by atoms with Gasteiger partial charge in [-0.2, -0.15) is 0 Å². The first-order valence-corrected chi connectivity index (χ1v) is 6.34. The minimum atomic E-state index is -0.206. The number of anilines is 1. The molecule has 0 bridgehead atoms. The maximum absolute atomic E-state index is 13.6. The molecule has 2 aromatic carbocycles. The Balaban J connectivity index is 2.28. The van der Waals surface area contributed by atoms with Gasteiger partial charge in [-0.15, -0.1) is 0 Å². The Hall–Kier alpha value is -1.94. The molecule has 2 nitrogen and oxygen atoms in total. The van der Waals surface area contributed by atoms with Crippen molar-refractivity contribution < 1.29 is 4.39 Å². The Bertz CT molecular complexity index is 598. The lowest BCUT2D eigenvalue weighted by atomic mass is 10.1. The van der Waals surface area contributed by atoms with Gasteiger partial charge in [0.05, 0.1) is 0 Å². The van der Waals surface area contributed by atoms with Crippen molar-refractivity contribution in [3.63, 3.8) is 0 Å². The number of hydrogen-bond acceptors (Lipinski definition) is 2. The Kier molecular flexibility index (Phi) is 4.12. The summed E-state index contributed by atoms with van der Waals surface area (Å²) in [5.74, 6) is -0.206. The number of benzene rings is 2. The lowest BCUT2D eigenvalue weighted by Crippen LogP contribution is -2.21. The third kappa shape index (κ3) is 3.09. The van der Waals surface area contributed by atoms with Crippen LogP contribution in [0.1, 0.15) is 11.1 Å². The van der Waals surface area contributed by atoms with Crippen molar-refractivity contribution >= 4 is 22.9 Å². The van der Waals surface area contributed by atoms with Crippen LogP contribution >= 0.6 is 12.2 Å². The monoisotopic (exact) mass is 274 g/mol. The Morgan fingerprint density at radius 1 is 1.16 bits per heavy atom. The molecule has 0 saturated heterocycles. The van der Waals surface area contributed by atoms with Gasteiger partial charge >= 0.3 is 0 Å². The molecule has 0 aliphatic carbocycles. The summed E-state index contributed by atoms with van der Waals surface area (Å²) < 4.78 is 13.6. The number of rotatable bonds is 4. The molecule has 98 valence electrons. The summed E-state index contributed by atoms with van der Waals surface area (Å²) >= 11 is 5.04. The maximum Gasteiger partial charge on any atom is 0.128 e. The van der Waals surface area contributed by atoms with Crippen LogP contribution in [0.2, 0.25) is 0 Å². The summed E-state index contributed by atoms with van der Waals surface area (Å²) in [5, 5.41) is 0. The van der Waals surface area contributed by atoms with E-state index in [4.69, 9.17) is 18.0 Å². The molecule has 0 aliphatic rings. The second-order valence-electron chi connectivity index (χ2n) is 4.33. The Morgan fingerprint density at radius 2 is 1.79 bits per heavy atom. The third-order valence-corrected chi connectivity index (χ3v) is 3.17. The quantitative estimate of drug-likeness (QED) is 0.869. The predicted octanol–water partition coefficient (Wildman–Crippen LogP) is 3.10. The van der Waals surface area contributed by atoms with Gasteiger partial charge < -0.3 is 10.6 Å². The molecule has 0 heterocycles. The van der Waals surface area contributed by atoms with Gasteiger partial charge in [0.25, 0.3) is 0 Å². The molecule has 2 N–H and O–H groups in total. The molecule has 0 unspecified atom stereocenters. The van der Waals surface area contributed by atoms with Gasteiger partial charge in [-0.05, 0) is 18.2 Å². The summed E-state index contributed by atoms with van der Waals surface area (Å²) in [5.41, 5.74) is 8.05. The van der Waals surface area contributed by atoms with Crippen molar-refractivity contribution in [1.29, 1.82) is 0 Å². The first kappa shape index (κ1) is 13.5. The summed E-state index contributed by atoms with van der Waals surface area (Å²) in [6.07, 6.45) is 0. The summed E-state index contributed by atoms with van der Waals surface area (Å²) in [7, 11) is 1.89. The number of para-hydroxylation sites is 1. The molecule has 0 saturated carbocycles. The van der Waals surface area contributed by atoms with E-state index in [2.05, 4.69) is 0 Å². The number of halogens is 1. The van der Waals surface area contributed by atoms with Crippen LogP contribution in [-0.4, -0.2) is 12.0 Å². The third-order valence-electron chi connectivity index (χ3n) is 2.95. The van der Waals surface area contributed by atoms with E-state index in [0.29, 0.717) is 17.1 Å². The summed E-state index contributed by atoms with van der Waals surface area (Å²) in [4.78, 5) is 2.28. The fraction of sp³-hybridized carbons (Fsp3) is 0.133. The van der Waals surface area contributed by atoms with Gasteiger partial charge in [-0.25, -0.2) is 4.39 Å². The van der Waals surface area contributed by atoms with E-state index >= 15 is 0 Å². The van der Waals surface area contributed by atoms with E-state index in [9.17, 15) is 4.39 Å². The van der Waals surface area contributed by atoms with Crippen LogP contribution in [0.5, 0.6) is 0 Å². The normalized spacial score (nSPS) is 10.2. The highest BCUT2D eigenvalue weighted by atomic mass is 32.1. The number of nitrogens with two attached hydrogens (primary N) is 1. The second-order valence-corrected chi connectivity index (χ2v) is 4.77. The lowest BCUT2D eigenvalue weighted by molar-refractivity contribution is 0.608. The molecule has 2 rings (SSSR count). The van der Waals surface area contributed by atoms with E-state index in [1.165, 1.54) is 6.07 Å². The molecule has 0 amide bonds. The van der Waals surface area contributed by atoms with E-state index in [-0.39, 0.29) is 5.82 Å². The van der Waals surface area contributed by atoms with Crippen molar-refractivity contribution in [1.82, 2.24) is 0 Å². The van der Waals surface area contributed by atoms with Crippen LogP contribution in [0.15, 0.2) is 48.5 Å². The molecule has 4 heteroatoms. The highest BCUT2D eigenvalue weighted by molar-refractivity contribution is 7.80. The molecule has 0 aliphatic heterocycles. The van der Waals surface area contributed by atoms with Gasteiger partial charge in [0.2, 0.25) is 0 Å². The van der Waals surface area contributed by atoms with Crippen molar-refractivity contribution in [3.8, 4) is 0 Å². The molecule has 0 spiro atoms. The Morgan fingerprint density at radius 3 is 2.47 bits per heavy atom. The fourth-order valence-electron chi connectivity index (χ4n) is 1.98. The first-order valence-electron chi connectivity index (χ1n) is 5.93. The smallest absolute Gasteiger partial charge is 0.128 e. The summed E-state index contributed by atoms with van der Waals surface area (Å²) in [6, 6.07) is 14.3. The molecule has 0 atom stereocenters. The summed E-state index contributed by atoms with van der Waals surface area (Å²) in [6.45, 7) is 0.465. The van der Waals surface area contributed by atoms with Gasteiger partial charge in [-0.1, -0.05) is 42.5 Å². The van der Waals surface area contributed by atoms with Gasteiger partial charge in [-0.3, -0.25) is 0 Å². The van der Waals surface area contributed by atoms with Gasteiger partial charge in [0, 0.05) is 30.4 Å². The van der Waals surface area contributed by atoms with Crippen LogP contribution in [0.3, 0.4) is 0 Å². The minimum Gasteiger partial charge on any atom is -0.389 e. The lowest BCUT2D eigenvalue weighted by Gasteiger charge is -2.22. The van der Waals surface area contributed by atoms with Crippen molar-refractivity contribution in [3.05, 3.63) is 65.5 Å². The van der Waals surface area contributed by atoms with E-state index in [1.54, 1.807) is 12.1 Å². The highest BCUT2D eigenvalue weighted by Gasteiger charge is 2.10. The average Bonchev–Trinajstić information content (AvgIpc) is 2.41. The second kappa shape index (κ2) is 5.80. The standard InChI is InChI=1S/C15H15FN2S/c1-18(10-11-6-2-4-8-13(11)16)14-9-5-3-7-12(14)15(17)19/h2-9H,10H2,1H3,(H2,17,19). The molecule has 0 aromatic heterocycles. The molecule has 19 heavy (non-hydrogen) atoms. The van der Waals surface area contributed by atoms with Crippen molar-refractivity contribution in [2.24, 2.45) is 5.73 Å². The number of thiocarbonyl (C=S) groups is 1. The molecule has 0 fully saturated rings. The van der Waals surface area contributed by atoms with Crippen LogP contribution in [0.25, 0.3) is 0 Å². The zero-order valence-corrected chi connectivity index (χ0v) is 11.5. The minimum absolute atomic E-state index is 0.206. The maximum atomic E-state index is 13.6. The van der Waals surface area contributed by atoms with Crippen LogP contribution in [0.4, 0.5) is 10.1 Å². The predicted molar refractivity (Wildman–Crippen MR) is 80.8 cm³/mol. The van der Waals surface area contributed by atoms with Gasteiger partial charge in [0.15, 0.2) is 0 Å². The van der Waals surface area contributed by atoms with Crippen LogP contribution in [-0.2, 0) is 6.54 Å². The Labute approximate surface area is 117 Å². The highest BCUT2D eigenvalue weighted by Crippen LogP contribution is 2.21. The van der Waals surface area contributed by atoms with Crippen LogP contribution in [0, 0.1) is 5.82 Å².